The molecule has 1 aliphatic carbocycles. The number of nitrogens with zero attached hydrogens (tertiary/aromatic N) is 1. The molecule has 1 heterocycles. The van der Waals surface area contributed by atoms with Gasteiger partial charge in [-0.3, -0.25) is 4.90 Å². The van der Waals surface area contributed by atoms with E-state index in [2.05, 4.69) is 42.2 Å². The third-order valence-electron chi connectivity index (χ3n) is 5.86. The molecule has 116 valence electrons. The van der Waals surface area contributed by atoms with Crippen LogP contribution in [0.1, 0.15) is 56.9 Å². The number of piperidine rings is 1. The third-order valence-corrected chi connectivity index (χ3v) is 5.86. The number of fused-ring (bicyclic) bond motifs is 1. The van der Waals surface area contributed by atoms with Gasteiger partial charge in [-0.25, -0.2) is 0 Å². The lowest BCUT2D eigenvalue weighted by atomic mass is 9.76. The van der Waals surface area contributed by atoms with E-state index >= 15 is 0 Å². The maximum atomic E-state index is 6.22. The molecule has 1 saturated heterocycles. The first-order valence-corrected chi connectivity index (χ1v) is 8.82. The van der Waals surface area contributed by atoms with Crippen LogP contribution in [0.15, 0.2) is 30.3 Å². The molecule has 21 heavy (non-hydrogen) atoms. The molecule has 1 aromatic carbocycles. The predicted molar refractivity (Wildman–Crippen MR) is 89.4 cm³/mol. The summed E-state index contributed by atoms with van der Waals surface area (Å²) in [4.78, 5) is 2.78. The maximum absolute atomic E-state index is 6.22. The lowest BCUT2D eigenvalue weighted by Gasteiger charge is -2.49. The number of rotatable bonds is 4. The fourth-order valence-electron chi connectivity index (χ4n) is 4.68. The number of benzene rings is 1. The zero-order chi connectivity index (χ0) is 14.7. The largest absolute Gasteiger partial charge is 0.329 e. The number of nitrogens with two attached hydrogens (primary N) is 1. The monoisotopic (exact) mass is 286 g/mol. The number of hydrogen-bond donors (Lipinski definition) is 1. The number of likely N-dealkylation sites (tertiary alicyclic amines) is 1. The van der Waals surface area contributed by atoms with Gasteiger partial charge in [-0.1, -0.05) is 50.1 Å². The summed E-state index contributed by atoms with van der Waals surface area (Å²) in [5.74, 6) is 1.46. The van der Waals surface area contributed by atoms with Crippen LogP contribution in [-0.4, -0.2) is 30.1 Å². The molecular formula is C19H30N2. The first kappa shape index (κ1) is 15.1. The molecule has 4 unspecified atom stereocenters. The summed E-state index contributed by atoms with van der Waals surface area (Å²) in [6.07, 6.45) is 8.49. The molecule has 2 fully saturated rings. The molecule has 0 bridgehead atoms. The van der Waals surface area contributed by atoms with E-state index in [1.807, 2.05) is 0 Å². The molecule has 0 spiro atoms. The third kappa shape index (κ3) is 3.17. The molecule has 1 aromatic rings. The minimum absolute atomic E-state index is 0.498. The molecule has 0 radical (unpaired) electrons. The van der Waals surface area contributed by atoms with Crippen molar-refractivity contribution in [3.8, 4) is 0 Å². The van der Waals surface area contributed by atoms with E-state index < -0.39 is 0 Å². The Morgan fingerprint density at radius 3 is 2.57 bits per heavy atom. The van der Waals surface area contributed by atoms with Crippen molar-refractivity contribution in [2.45, 2.75) is 63.5 Å². The Morgan fingerprint density at radius 1 is 1.10 bits per heavy atom. The summed E-state index contributed by atoms with van der Waals surface area (Å²) in [6, 6.07) is 12.2. The van der Waals surface area contributed by atoms with Gasteiger partial charge in [-0.2, -0.15) is 0 Å². The topological polar surface area (TPSA) is 29.3 Å². The normalized spacial score (nSPS) is 29.6. The summed E-state index contributed by atoms with van der Waals surface area (Å²) < 4.78 is 0. The molecule has 0 amide bonds. The van der Waals surface area contributed by atoms with Gasteiger partial charge in [0.15, 0.2) is 0 Å². The van der Waals surface area contributed by atoms with Crippen molar-refractivity contribution < 1.29 is 0 Å². The lowest BCUT2D eigenvalue weighted by Crippen LogP contribution is -2.55. The van der Waals surface area contributed by atoms with Crippen LogP contribution >= 0.6 is 0 Å². The summed E-state index contributed by atoms with van der Waals surface area (Å²) in [5, 5.41) is 0. The van der Waals surface area contributed by atoms with Crippen molar-refractivity contribution in [1.29, 1.82) is 0 Å². The molecule has 2 nitrogen and oxygen atoms in total. The van der Waals surface area contributed by atoms with Gasteiger partial charge >= 0.3 is 0 Å². The smallest absolute Gasteiger partial charge is 0.0287 e. The zero-order valence-corrected chi connectivity index (χ0v) is 13.4. The van der Waals surface area contributed by atoms with Gasteiger partial charge < -0.3 is 5.73 Å². The van der Waals surface area contributed by atoms with Crippen molar-refractivity contribution in [2.75, 3.05) is 13.1 Å². The second-order valence-electron chi connectivity index (χ2n) is 6.99. The SMILES string of the molecule is CC(c1ccccc1)C(CN)N1CCCC2CCCCC21. The average molecular weight is 286 g/mol. The molecule has 0 aromatic heterocycles. The van der Waals surface area contributed by atoms with E-state index in [9.17, 15) is 0 Å². The molecule has 3 rings (SSSR count). The highest BCUT2D eigenvalue weighted by Crippen LogP contribution is 2.38. The Labute approximate surface area is 129 Å². The fraction of sp³-hybridized carbons (Fsp3) is 0.684. The second kappa shape index (κ2) is 6.93. The van der Waals surface area contributed by atoms with Gasteiger partial charge in [-0.05, 0) is 49.6 Å². The van der Waals surface area contributed by atoms with E-state index in [0.29, 0.717) is 12.0 Å². The highest BCUT2D eigenvalue weighted by Gasteiger charge is 2.37. The number of hydrogen-bond acceptors (Lipinski definition) is 2. The summed E-state index contributed by atoms with van der Waals surface area (Å²) in [7, 11) is 0. The van der Waals surface area contributed by atoms with Crippen molar-refractivity contribution in [3.63, 3.8) is 0 Å². The van der Waals surface area contributed by atoms with Crippen molar-refractivity contribution in [3.05, 3.63) is 35.9 Å². The Kier molecular flexibility index (Phi) is 4.97. The van der Waals surface area contributed by atoms with E-state index in [0.717, 1.165) is 18.5 Å². The molecule has 2 aliphatic rings. The summed E-state index contributed by atoms with van der Waals surface area (Å²) >= 11 is 0. The van der Waals surface area contributed by atoms with Crippen LogP contribution in [0.5, 0.6) is 0 Å². The minimum Gasteiger partial charge on any atom is -0.329 e. The zero-order valence-electron chi connectivity index (χ0n) is 13.4. The molecule has 2 heteroatoms. The highest BCUT2D eigenvalue weighted by atomic mass is 15.2. The first-order chi connectivity index (χ1) is 10.3. The Balaban J connectivity index is 1.78. The van der Waals surface area contributed by atoms with Crippen LogP contribution in [0.4, 0.5) is 0 Å². The predicted octanol–water partition coefficient (Wildman–Crippen LogP) is 3.77. The Hall–Kier alpha value is -0.860. The van der Waals surface area contributed by atoms with Gasteiger partial charge in [-0.15, -0.1) is 0 Å². The van der Waals surface area contributed by atoms with Crippen molar-refractivity contribution in [2.24, 2.45) is 11.7 Å². The average Bonchev–Trinajstić information content (AvgIpc) is 2.56. The van der Waals surface area contributed by atoms with E-state index in [4.69, 9.17) is 5.73 Å². The standard InChI is InChI=1S/C19H30N2/c1-15(16-8-3-2-4-9-16)19(14-20)21-13-7-11-17-10-5-6-12-18(17)21/h2-4,8-9,15,17-19H,5-7,10-14,20H2,1H3. The van der Waals surface area contributed by atoms with Crippen LogP contribution < -0.4 is 5.73 Å². The van der Waals surface area contributed by atoms with Crippen LogP contribution in [0.2, 0.25) is 0 Å². The van der Waals surface area contributed by atoms with Crippen molar-refractivity contribution >= 4 is 0 Å². The second-order valence-corrected chi connectivity index (χ2v) is 6.99. The maximum Gasteiger partial charge on any atom is 0.0287 e. The fourth-order valence-corrected chi connectivity index (χ4v) is 4.68. The van der Waals surface area contributed by atoms with E-state index in [1.165, 1.54) is 50.6 Å². The minimum atomic E-state index is 0.498. The molecule has 4 atom stereocenters. The lowest BCUT2D eigenvalue weighted by molar-refractivity contribution is 0.0209. The summed E-state index contributed by atoms with van der Waals surface area (Å²) in [5.41, 5.74) is 7.66. The molecule has 1 aliphatic heterocycles. The van der Waals surface area contributed by atoms with Crippen LogP contribution in [0.3, 0.4) is 0 Å². The summed E-state index contributed by atoms with van der Waals surface area (Å²) in [6.45, 7) is 4.39. The quantitative estimate of drug-likeness (QED) is 0.913. The first-order valence-electron chi connectivity index (χ1n) is 8.82. The Morgan fingerprint density at radius 2 is 1.81 bits per heavy atom. The van der Waals surface area contributed by atoms with Gasteiger partial charge in [0.1, 0.15) is 0 Å². The van der Waals surface area contributed by atoms with Crippen LogP contribution in [-0.2, 0) is 0 Å². The van der Waals surface area contributed by atoms with Gasteiger partial charge in [0.2, 0.25) is 0 Å². The van der Waals surface area contributed by atoms with Gasteiger partial charge in [0.25, 0.3) is 0 Å². The molecule has 2 N–H and O–H groups in total. The highest BCUT2D eigenvalue weighted by molar-refractivity contribution is 5.21. The molecule has 1 saturated carbocycles. The van der Waals surface area contributed by atoms with Gasteiger partial charge in [0.05, 0.1) is 0 Å². The van der Waals surface area contributed by atoms with Gasteiger partial charge in [0, 0.05) is 18.6 Å². The van der Waals surface area contributed by atoms with Crippen LogP contribution in [0.25, 0.3) is 0 Å². The van der Waals surface area contributed by atoms with Crippen LogP contribution in [0, 0.1) is 5.92 Å². The Bertz CT molecular complexity index is 428. The van der Waals surface area contributed by atoms with E-state index in [1.54, 1.807) is 0 Å². The van der Waals surface area contributed by atoms with Crippen molar-refractivity contribution in [1.82, 2.24) is 4.90 Å². The molecular weight excluding hydrogens is 256 g/mol. The van der Waals surface area contributed by atoms with E-state index in [-0.39, 0.29) is 0 Å².